The van der Waals surface area contributed by atoms with Crippen molar-refractivity contribution in [2.45, 2.75) is 23.9 Å². The molecule has 7 aliphatic carbocycles. The standard InChI is InChI=1S/C12H12N2O4/c15-13(16)11-3-1-4-8-7(3)9-5(11)2-6(10(8)9)12(4,11)14(17)18/h3-10H,1-2H2/t3-,4-,5+,6+,7?,8?,9?,10?,11?,12?. The van der Waals surface area contributed by atoms with Crippen LogP contribution in [0.15, 0.2) is 0 Å². The number of hydrogen-bond acceptors (Lipinski definition) is 4. The minimum atomic E-state index is -1.16. The lowest BCUT2D eigenvalue weighted by Crippen LogP contribution is -2.65. The summed E-state index contributed by atoms with van der Waals surface area (Å²) >= 11 is 0. The molecule has 7 fully saturated rings. The van der Waals surface area contributed by atoms with Crippen molar-refractivity contribution in [2.24, 2.45) is 47.3 Å². The van der Waals surface area contributed by atoms with Gasteiger partial charge in [0.1, 0.15) is 0 Å². The van der Waals surface area contributed by atoms with Gasteiger partial charge in [0, 0.05) is 33.5 Å². The van der Waals surface area contributed by atoms with E-state index in [1.54, 1.807) is 0 Å². The van der Waals surface area contributed by atoms with E-state index in [0.29, 0.717) is 23.7 Å². The van der Waals surface area contributed by atoms with E-state index in [4.69, 9.17) is 0 Å². The van der Waals surface area contributed by atoms with Gasteiger partial charge in [-0.05, 0) is 36.5 Å². The van der Waals surface area contributed by atoms with Crippen LogP contribution in [0.5, 0.6) is 0 Å². The van der Waals surface area contributed by atoms with Crippen molar-refractivity contribution in [3.63, 3.8) is 0 Å². The molecule has 0 N–H and O–H groups in total. The zero-order chi connectivity index (χ0) is 12.2. The molecule has 0 saturated heterocycles. The molecular formula is C12H12N2O4. The molecule has 0 spiro atoms. The number of nitrogens with zero attached hydrogens (tertiary/aromatic N) is 2. The zero-order valence-electron chi connectivity index (χ0n) is 9.56. The maximum atomic E-state index is 11.8. The molecular weight excluding hydrogens is 236 g/mol. The van der Waals surface area contributed by atoms with Crippen molar-refractivity contribution in [1.82, 2.24) is 0 Å². The Morgan fingerprint density at radius 3 is 1.22 bits per heavy atom. The van der Waals surface area contributed by atoms with Gasteiger partial charge in [0.05, 0.1) is 0 Å². The summed E-state index contributed by atoms with van der Waals surface area (Å²) in [5.74, 6) is 2.07. The second-order valence-corrected chi connectivity index (χ2v) is 7.37. The van der Waals surface area contributed by atoms with Crippen LogP contribution in [0.1, 0.15) is 12.8 Å². The van der Waals surface area contributed by atoms with Crippen molar-refractivity contribution < 1.29 is 9.85 Å². The fourth-order valence-electron chi connectivity index (χ4n) is 8.67. The highest BCUT2D eigenvalue weighted by atomic mass is 16.7. The first-order chi connectivity index (χ1) is 8.59. The van der Waals surface area contributed by atoms with Crippen molar-refractivity contribution in [2.75, 3.05) is 0 Å². The summed E-state index contributed by atoms with van der Waals surface area (Å²) in [5, 5.41) is 23.6. The smallest absolute Gasteiger partial charge is 0.264 e. The first kappa shape index (κ1) is 8.82. The van der Waals surface area contributed by atoms with E-state index in [0.717, 1.165) is 12.8 Å². The summed E-state index contributed by atoms with van der Waals surface area (Å²) in [4.78, 5) is 23.2. The Morgan fingerprint density at radius 1 is 0.722 bits per heavy atom. The van der Waals surface area contributed by atoms with Crippen LogP contribution in [0.3, 0.4) is 0 Å². The summed E-state index contributed by atoms with van der Waals surface area (Å²) in [6.07, 6.45) is 1.55. The maximum Gasteiger partial charge on any atom is 0.297 e. The van der Waals surface area contributed by atoms with Crippen LogP contribution in [0, 0.1) is 67.6 Å². The predicted octanol–water partition coefficient (Wildman–Crippen LogP) is 0.809. The average molecular weight is 248 g/mol. The highest BCUT2D eigenvalue weighted by molar-refractivity contribution is 5.45. The van der Waals surface area contributed by atoms with Crippen LogP contribution >= 0.6 is 0 Å². The van der Waals surface area contributed by atoms with Crippen molar-refractivity contribution in [3.05, 3.63) is 20.2 Å². The quantitative estimate of drug-likeness (QED) is 0.534. The number of hydrogen-bond donors (Lipinski definition) is 0. The van der Waals surface area contributed by atoms with Crippen LogP contribution in [0.25, 0.3) is 0 Å². The molecule has 4 bridgehead atoms. The fourth-order valence-corrected chi connectivity index (χ4v) is 8.67. The third-order valence-corrected chi connectivity index (χ3v) is 8.16. The summed E-state index contributed by atoms with van der Waals surface area (Å²) in [6.45, 7) is 0. The van der Waals surface area contributed by atoms with Crippen molar-refractivity contribution in [1.29, 1.82) is 0 Å². The summed E-state index contributed by atoms with van der Waals surface area (Å²) in [5.41, 5.74) is -2.32. The predicted molar refractivity (Wildman–Crippen MR) is 56.6 cm³/mol. The van der Waals surface area contributed by atoms with E-state index < -0.39 is 11.1 Å². The monoisotopic (exact) mass is 248 g/mol. The molecule has 94 valence electrons. The topological polar surface area (TPSA) is 86.3 Å². The van der Waals surface area contributed by atoms with Gasteiger partial charge >= 0.3 is 0 Å². The highest BCUT2D eigenvalue weighted by Crippen LogP contribution is 2.94. The van der Waals surface area contributed by atoms with Gasteiger partial charge in [-0.3, -0.25) is 20.2 Å². The molecule has 0 aliphatic heterocycles. The lowest BCUT2D eigenvalue weighted by atomic mass is 9.60. The normalized spacial score (nSPS) is 74.4. The molecule has 0 radical (unpaired) electrons. The summed E-state index contributed by atoms with van der Waals surface area (Å²) in [7, 11) is 0. The van der Waals surface area contributed by atoms with E-state index in [1.165, 1.54) is 0 Å². The van der Waals surface area contributed by atoms with E-state index in [1.807, 2.05) is 0 Å². The minimum Gasteiger partial charge on any atom is -0.264 e. The Balaban J connectivity index is 1.79. The Bertz CT molecular complexity index is 488. The molecule has 0 aromatic rings. The van der Waals surface area contributed by atoms with Crippen LogP contribution in [0.2, 0.25) is 0 Å². The second kappa shape index (κ2) is 1.89. The van der Waals surface area contributed by atoms with Crippen molar-refractivity contribution in [3.8, 4) is 0 Å². The lowest BCUT2D eigenvalue weighted by molar-refractivity contribution is -0.692. The van der Waals surface area contributed by atoms with Crippen LogP contribution in [-0.2, 0) is 0 Å². The first-order valence-corrected chi connectivity index (χ1v) is 6.88. The Kier molecular flexibility index (Phi) is 0.926. The molecule has 7 saturated carbocycles. The molecule has 18 heavy (non-hydrogen) atoms. The van der Waals surface area contributed by atoms with Gasteiger partial charge in [-0.1, -0.05) is 0 Å². The molecule has 10 atom stereocenters. The molecule has 6 nitrogen and oxygen atoms in total. The molecule has 0 heterocycles. The number of rotatable bonds is 2. The molecule has 0 aromatic carbocycles. The molecule has 6 unspecified atom stereocenters. The fraction of sp³-hybridized carbons (Fsp3) is 1.00. The minimum absolute atomic E-state index is 0.0339. The average Bonchev–Trinajstić information content (AvgIpc) is 2.84. The van der Waals surface area contributed by atoms with Gasteiger partial charge < -0.3 is 0 Å². The third-order valence-electron chi connectivity index (χ3n) is 8.16. The van der Waals surface area contributed by atoms with Crippen LogP contribution in [0.4, 0.5) is 0 Å². The van der Waals surface area contributed by atoms with Gasteiger partial charge in [-0.15, -0.1) is 0 Å². The summed E-state index contributed by atoms with van der Waals surface area (Å²) in [6, 6.07) is 0. The van der Waals surface area contributed by atoms with E-state index >= 15 is 0 Å². The van der Waals surface area contributed by atoms with Crippen molar-refractivity contribution >= 4 is 0 Å². The van der Waals surface area contributed by atoms with Crippen LogP contribution in [-0.4, -0.2) is 20.9 Å². The third kappa shape index (κ3) is 0.401. The SMILES string of the molecule is O=[N+]([O-])C12[C@@H]3C[C@@H]4C5C3C3C5[C@H](C[C@@H]31)C42[N+](=O)[O-]. The number of nitro groups is 2. The Labute approximate surface area is 102 Å². The first-order valence-electron chi connectivity index (χ1n) is 6.88. The molecule has 7 aliphatic rings. The molecule has 7 rings (SSSR count). The van der Waals surface area contributed by atoms with Gasteiger partial charge in [0.25, 0.3) is 11.1 Å². The molecule has 0 aromatic heterocycles. The van der Waals surface area contributed by atoms with Gasteiger partial charge in [0.2, 0.25) is 0 Å². The van der Waals surface area contributed by atoms with Crippen LogP contribution < -0.4 is 0 Å². The maximum absolute atomic E-state index is 11.8. The zero-order valence-corrected chi connectivity index (χ0v) is 9.56. The lowest BCUT2D eigenvalue weighted by Gasteiger charge is -2.43. The highest BCUT2D eigenvalue weighted by Gasteiger charge is 3.07. The Morgan fingerprint density at radius 2 is 1.00 bits per heavy atom. The molecule has 0 amide bonds. The second-order valence-electron chi connectivity index (χ2n) is 7.37. The van der Waals surface area contributed by atoms with Gasteiger partial charge in [0.15, 0.2) is 0 Å². The largest absolute Gasteiger partial charge is 0.297 e. The van der Waals surface area contributed by atoms with E-state index in [9.17, 15) is 20.2 Å². The summed E-state index contributed by atoms with van der Waals surface area (Å²) < 4.78 is 0. The van der Waals surface area contributed by atoms with Gasteiger partial charge in [-0.2, -0.15) is 0 Å². The Hall–Kier alpha value is -1.20. The van der Waals surface area contributed by atoms with Gasteiger partial charge in [-0.25, -0.2) is 0 Å². The van der Waals surface area contributed by atoms with E-state index in [-0.39, 0.29) is 33.5 Å². The van der Waals surface area contributed by atoms with E-state index in [2.05, 4.69) is 0 Å². The molecule has 6 heteroatoms.